The van der Waals surface area contributed by atoms with Crippen molar-refractivity contribution < 1.29 is 66.7 Å². The summed E-state index contributed by atoms with van der Waals surface area (Å²) in [5, 5.41) is 10.1. The zero-order chi connectivity index (χ0) is 42.5. The highest BCUT2D eigenvalue weighted by atomic mass is 16.7. The Hall–Kier alpha value is -5.97. The number of amides is 1. The summed E-state index contributed by atoms with van der Waals surface area (Å²) in [7, 11) is 0. The van der Waals surface area contributed by atoms with Gasteiger partial charge in [-0.1, -0.05) is 50.2 Å². The lowest BCUT2D eigenvalue weighted by Gasteiger charge is -2.43. The van der Waals surface area contributed by atoms with E-state index < -0.39 is 73.2 Å². The molecule has 1 amide bonds. The highest BCUT2D eigenvalue weighted by Crippen LogP contribution is 2.35. The fourth-order valence-corrected chi connectivity index (χ4v) is 6.14. The molecule has 4 rings (SSSR count). The Morgan fingerprint density at radius 1 is 0.828 bits per heavy atom. The average Bonchev–Trinajstić information content (AvgIpc) is 3.55. The van der Waals surface area contributed by atoms with Gasteiger partial charge in [0.1, 0.15) is 31.1 Å². The Morgan fingerprint density at radius 2 is 1.48 bits per heavy atom. The zero-order valence-corrected chi connectivity index (χ0v) is 33.9. The second-order valence-electron chi connectivity index (χ2n) is 14.0. The van der Waals surface area contributed by atoms with Gasteiger partial charge in [0.2, 0.25) is 24.2 Å². The standard InChI is InChI=1S/C41H51N3O14/c1-22(2)35-32(19-30-14-15-31(18-23(30)3)51-17-16-34(49)42-24(4)40(50)53-20-29-12-10-9-11-13-29)39(44-43-35)58-41-38(56-28(8)48)37(55-27(7)47)36(54-26(6)46)33(57-41)21-52-25(5)45/h9-15,18,22,24,33,36-38,41H,16-17,19-21H2,1-8H3,(H,42,49)(H,43,44)/t24-,33+,36+,37-,38+,41-/m0/s1. The number of carbonyl (C=O) groups excluding carboxylic acids is 6. The third-order valence-corrected chi connectivity index (χ3v) is 8.85. The van der Waals surface area contributed by atoms with Gasteiger partial charge in [-0.3, -0.25) is 29.1 Å². The molecule has 1 fully saturated rings. The molecule has 6 atom stereocenters. The number of aromatic nitrogens is 2. The van der Waals surface area contributed by atoms with Gasteiger partial charge in [0.15, 0.2) is 12.2 Å². The van der Waals surface area contributed by atoms with E-state index in [9.17, 15) is 28.8 Å². The van der Waals surface area contributed by atoms with E-state index >= 15 is 0 Å². The van der Waals surface area contributed by atoms with Crippen molar-refractivity contribution in [2.24, 2.45) is 0 Å². The van der Waals surface area contributed by atoms with Crippen molar-refractivity contribution in [2.75, 3.05) is 13.2 Å². The van der Waals surface area contributed by atoms with Gasteiger partial charge >= 0.3 is 29.8 Å². The number of esters is 5. The fraction of sp³-hybridized carbons (Fsp3) is 0.488. The minimum Gasteiger partial charge on any atom is -0.493 e. The number of ether oxygens (including phenoxy) is 8. The molecule has 2 aromatic carbocycles. The van der Waals surface area contributed by atoms with Crippen molar-refractivity contribution in [1.82, 2.24) is 15.5 Å². The highest BCUT2D eigenvalue weighted by Gasteiger charge is 2.53. The summed E-state index contributed by atoms with van der Waals surface area (Å²) >= 11 is 0. The number of carbonyl (C=O) groups is 6. The number of nitrogens with one attached hydrogen (secondary N) is 2. The van der Waals surface area contributed by atoms with Crippen molar-refractivity contribution in [3.05, 3.63) is 76.5 Å². The normalized spacial score (nSPS) is 19.3. The van der Waals surface area contributed by atoms with Gasteiger partial charge in [0.05, 0.1) is 13.0 Å². The molecule has 2 heterocycles. The summed E-state index contributed by atoms with van der Waals surface area (Å²) in [6.07, 6.45) is -6.55. The molecule has 0 aliphatic carbocycles. The average molecular weight is 810 g/mol. The van der Waals surface area contributed by atoms with Crippen molar-refractivity contribution in [3.8, 4) is 11.6 Å². The summed E-state index contributed by atoms with van der Waals surface area (Å²) in [6, 6.07) is 13.9. The van der Waals surface area contributed by atoms with Crippen LogP contribution in [0.4, 0.5) is 0 Å². The quantitative estimate of drug-likeness (QED) is 0.138. The number of benzene rings is 2. The van der Waals surface area contributed by atoms with Crippen molar-refractivity contribution >= 4 is 35.8 Å². The largest absolute Gasteiger partial charge is 0.493 e. The predicted octanol–water partition coefficient (Wildman–Crippen LogP) is 3.91. The molecule has 0 unspecified atom stereocenters. The number of aromatic amines is 1. The second kappa shape index (κ2) is 21.0. The SMILES string of the molecule is CC(=O)OC[C@H]1O[C@@H](Oc2n[nH]c(C(C)C)c2Cc2ccc(OCCC(=O)N[C@@H](C)C(=O)OCc3ccccc3)cc2C)[C@H](OC(C)=O)[C@@H](OC(C)=O)[C@@H]1OC(C)=O. The van der Waals surface area contributed by atoms with Crippen LogP contribution in [0.5, 0.6) is 11.6 Å². The third-order valence-electron chi connectivity index (χ3n) is 8.85. The Bertz CT molecular complexity index is 1910. The summed E-state index contributed by atoms with van der Waals surface area (Å²) in [5.41, 5.74) is 3.96. The number of H-pyrrole nitrogens is 1. The van der Waals surface area contributed by atoms with Crippen LogP contribution in [-0.4, -0.2) is 95.9 Å². The first-order chi connectivity index (χ1) is 27.5. The molecule has 0 saturated carbocycles. The summed E-state index contributed by atoms with van der Waals surface area (Å²) in [5.74, 6) is -3.29. The van der Waals surface area contributed by atoms with E-state index in [4.69, 9.17) is 37.9 Å². The van der Waals surface area contributed by atoms with Crippen LogP contribution in [0.1, 0.15) is 88.8 Å². The molecule has 1 aromatic heterocycles. The smallest absolute Gasteiger partial charge is 0.328 e. The van der Waals surface area contributed by atoms with Gasteiger partial charge in [-0.05, 0) is 48.6 Å². The predicted molar refractivity (Wildman–Crippen MR) is 203 cm³/mol. The Kier molecular flexibility index (Phi) is 16.2. The van der Waals surface area contributed by atoms with Crippen LogP contribution in [0.15, 0.2) is 48.5 Å². The molecule has 0 spiro atoms. The monoisotopic (exact) mass is 809 g/mol. The van der Waals surface area contributed by atoms with E-state index in [1.165, 1.54) is 6.92 Å². The van der Waals surface area contributed by atoms with Gasteiger partial charge < -0.3 is 43.2 Å². The molecule has 0 bridgehead atoms. The molecule has 58 heavy (non-hydrogen) atoms. The molecule has 1 saturated heterocycles. The number of hydrogen-bond donors (Lipinski definition) is 2. The molecule has 1 aliphatic heterocycles. The highest BCUT2D eigenvalue weighted by molar-refractivity contribution is 5.84. The molecule has 1 aliphatic rings. The number of nitrogens with zero attached hydrogens (tertiary/aromatic N) is 1. The lowest BCUT2D eigenvalue weighted by atomic mass is 9.96. The fourth-order valence-electron chi connectivity index (χ4n) is 6.14. The van der Waals surface area contributed by atoms with Crippen LogP contribution in [0.2, 0.25) is 0 Å². The Morgan fingerprint density at radius 3 is 2.10 bits per heavy atom. The van der Waals surface area contributed by atoms with Crippen molar-refractivity contribution in [2.45, 2.75) is 118 Å². The Balaban J connectivity index is 1.47. The first-order valence-corrected chi connectivity index (χ1v) is 18.8. The summed E-state index contributed by atoms with van der Waals surface area (Å²) in [4.78, 5) is 73.4. The zero-order valence-electron chi connectivity index (χ0n) is 33.9. The number of rotatable bonds is 18. The van der Waals surface area contributed by atoms with E-state index in [1.54, 1.807) is 13.0 Å². The minimum absolute atomic E-state index is 0.00379. The van der Waals surface area contributed by atoms with Gasteiger partial charge in [-0.2, -0.15) is 0 Å². The third kappa shape index (κ3) is 13.0. The van der Waals surface area contributed by atoms with Gasteiger partial charge in [0, 0.05) is 45.4 Å². The molecule has 17 heteroatoms. The van der Waals surface area contributed by atoms with E-state index in [-0.39, 0.29) is 37.3 Å². The lowest BCUT2D eigenvalue weighted by Crippen LogP contribution is -2.63. The maximum atomic E-state index is 12.5. The summed E-state index contributed by atoms with van der Waals surface area (Å²) < 4.78 is 45.3. The summed E-state index contributed by atoms with van der Waals surface area (Å²) in [6.45, 7) is 11.7. The van der Waals surface area contributed by atoms with E-state index in [1.807, 2.05) is 63.2 Å². The minimum atomic E-state index is -1.47. The molecular formula is C41H51N3O14. The van der Waals surface area contributed by atoms with E-state index in [2.05, 4.69) is 15.5 Å². The van der Waals surface area contributed by atoms with Gasteiger partial charge in [0.25, 0.3) is 0 Å². The van der Waals surface area contributed by atoms with Crippen LogP contribution in [0.3, 0.4) is 0 Å². The first kappa shape index (κ1) is 44.7. The maximum absolute atomic E-state index is 12.5. The van der Waals surface area contributed by atoms with Crippen LogP contribution >= 0.6 is 0 Å². The number of aryl methyl sites for hydroxylation is 1. The molecule has 0 radical (unpaired) electrons. The van der Waals surface area contributed by atoms with Crippen molar-refractivity contribution in [1.29, 1.82) is 0 Å². The Labute approximate surface area is 336 Å². The van der Waals surface area contributed by atoms with Crippen LogP contribution in [0.25, 0.3) is 0 Å². The van der Waals surface area contributed by atoms with Crippen LogP contribution in [0, 0.1) is 6.92 Å². The molecule has 2 N–H and O–H groups in total. The van der Waals surface area contributed by atoms with Crippen LogP contribution < -0.4 is 14.8 Å². The second-order valence-corrected chi connectivity index (χ2v) is 14.0. The first-order valence-electron chi connectivity index (χ1n) is 18.8. The van der Waals surface area contributed by atoms with E-state index in [0.717, 1.165) is 43.2 Å². The van der Waals surface area contributed by atoms with Crippen LogP contribution in [-0.2, 0) is 70.2 Å². The molecule has 17 nitrogen and oxygen atoms in total. The lowest BCUT2D eigenvalue weighted by molar-refractivity contribution is -0.289. The number of hydrogen-bond acceptors (Lipinski definition) is 15. The maximum Gasteiger partial charge on any atom is 0.328 e. The van der Waals surface area contributed by atoms with Crippen molar-refractivity contribution in [3.63, 3.8) is 0 Å². The topological polar surface area (TPSA) is 217 Å². The molecule has 314 valence electrons. The van der Waals surface area contributed by atoms with E-state index in [0.29, 0.717) is 17.7 Å². The molecular weight excluding hydrogens is 758 g/mol. The van der Waals surface area contributed by atoms with Gasteiger partial charge in [-0.15, -0.1) is 5.10 Å². The molecule has 3 aromatic rings. The van der Waals surface area contributed by atoms with Gasteiger partial charge in [-0.25, -0.2) is 4.79 Å².